The summed E-state index contributed by atoms with van der Waals surface area (Å²) >= 11 is 0. The summed E-state index contributed by atoms with van der Waals surface area (Å²) in [6.45, 7) is 9.23. The Bertz CT molecular complexity index is 646. The monoisotopic (exact) mass is 650 g/mol. The van der Waals surface area contributed by atoms with Crippen LogP contribution in [0.1, 0.15) is 144 Å². The Morgan fingerprint density at radius 1 is 0.978 bits per heavy atom. The summed E-state index contributed by atoms with van der Waals surface area (Å²) in [5.74, 6) is -0.762. The Kier molecular flexibility index (Phi) is 42.8. The Hall–Kier alpha value is -1.75. The number of aliphatic carboxylic acids is 1. The van der Waals surface area contributed by atoms with Gasteiger partial charge in [0.05, 0.1) is 26.7 Å². The van der Waals surface area contributed by atoms with E-state index in [1.165, 1.54) is 62.7 Å². The van der Waals surface area contributed by atoms with Gasteiger partial charge in [0.15, 0.2) is 0 Å². The van der Waals surface area contributed by atoms with Crippen molar-refractivity contribution in [2.75, 3.05) is 54.4 Å². The predicted octanol–water partition coefficient (Wildman–Crippen LogP) is 4.82. The first-order chi connectivity index (χ1) is 20.9. The maximum atomic E-state index is 11.6. The minimum Gasteiger partial charge on any atom is -0.481 e. The number of nitrogens with one attached hydrogen (secondary N) is 2. The molecular formula is C35H77N4O6+. The number of hydrogen-bond donors (Lipinski definition) is 5. The number of quaternary nitrogens is 1. The quantitative estimate of drug-likeness (QED) is 0.0829. The molecular weight excluding hydrogens is 572 g/mol. The number of carbonyl (C=O) groups is 3. The van der Waals surface area contributed by atoms with Gasteiger partial charge >= 0.3 is 5.97 Å². The molecule has 0 aromatic heterocycles. The number of cyclic esters (lactones) is 1. The molecule has 0 aromatic carbocycles. The van der Waals surface area contributed by atoms with Crippen LogP contribution in [-0.2, 0) is 19.1 Å². The fourth-order valence-electron chi connectivity index (χ4n) is 4.35. The number of ether oxygens (including phenoxy) is 1. The van der Waals surface area contributed by atoms with E-state index in [1.54, 1.807) is 0 Å². The second kappa shape index (κ2) is 38.4. The molecule has 1 saturated heterocycles. The third-order valence-electron chi connectivity index (χ3n) is 6.93. The highest BCUT2D eigenvalue weighted by atomic mass is 16.5. The maximum Gasteiger partial charge on any atom is 0.306 e. The highest BCUT2D eigenvalue weighted by Crippen LogP contribution is 2.19. The number of nitrogens with zero attached hydrogens (tertiary/aromatic N) is 1. The van der Waals surface area contributed by atoms with E-state index in [0.29, 0.717) is 19.3 Å². The van der Waals surface area contributed by atoms with Crippen LogP contribution in [0.4, 0.5) is 0 Å². The summed E-state index contributed by atoms with van der Waals surface area (Å²) in [5.41, 5.74) is 5.25. The maximum absolute atomic E-state index is 11.6. The number of carboxylic acid groups (broad SMARTS) is 1. The fourth-order valence-corrected chi connectivity index (χ4v) is 4.35. The Labute approximate surface area is 278 Å². The SMILES string of the molecule is C.CC(=O)O.CCCCCCCC(O)CCC(=O)NCCC[NH+](C)C.CCCCCCCC1CCC(=O)O1.CN(C)CCCN. The number of carboxylic acids is 1. The molecule has 0 spiro atoms. The van der Waals surface area contributed by atoms with E-state index in [2.05, 4.69) is 52.3 Å². The summed E-state index contributed by atoms with van der Waals surface area (Å²) in [5, 5.41) is 20.1. The molecule has 1 amide bonds. The van der Waals surface area contributed by atoms with Gasteiger partial charge in [-0.1, -0.05) is 79.1 Å². The van der Waals surface area contributed by atoms with Crippen LogP contribution in [-0.4, -0.2) is 99.5 Å². The van der Waals surface area contributed by atoms with Crippen LogP contribution in [0.3, 0.4) is 0 Å². The minimum absolute atomic E-state index is 0. The summed E-state index contributed by atoms with van der Waals surface area (Å²) in [7, 11) is 8.32. The number of unbranched alkanes of at least 4 members (excludes halogenated alkanes) is 8. The molecule has 0 bridgehead atoms. The first-order valence-electron chi connectivity index (χ1n) is 17.4. The van der Waals surface area contributed by atoms with E-state index in [-0.39, 0.29) is 31.5 Å². The number of hydrogen-bond acceptors (Lipinski definition) is 7. The molecule has 0 radical (unpaired) electrons. The number of aliphatic hydroxyl groups excluding tert-OH is 1. The lowest BCUT2D eigenvalue weighted by Gasteiger charge is -2.11. The number of esters is 1. The van der Waals surface area contributed by atoms with E-state index in [9.17, 15) is 14.7 Å². The molecule has 0 aliphatic carbocycles. The van der Waals surface area contributed by atoms with Crippen LogP contribution in [0.5, 0.6) is 0 Å². The Balaban J connectivity index is -0.000000286. The Morgan fingerprint density at radius 3 is 1.98 bits per heavy atom. The molecule has 0 aromatic rings. The van der Waals surface area contributed by atoms with E-state index in [4.69, 9.17) is 20.4 Å². The van der Waals surface area contributed by atoms with Gasteiger partial charge in [0.1, 0.15) is 6.10 Å². The number of aliphatic hydroxyl groups is 1. The van der Waals surface area contributed by atoms with Gasteiger partial charge in [0.25, 0.3) is 5.97 Å². The van der Waals surface area contributed by atoms with Gasteiger partial charge in [-0.15, -0.1) is 0 Å². The van der Waals surface area contributed by atoms with Crippen LogP contribution in [0.2, 0.25) is 0 Å². The average Bonchev–Trinajstić information content (AvgIpc) is 3.38. The molecule has 272 valence electrons. The molecule has 1 rings (SSSR count). The second-order valence-corrected chi connectivity index (χ2v) is 12.4. The van der Waals surface area contributed by atoms with Crippen molar-refractivity contribution in [3.63, 3.8) is 0 Å². The van der Waals surface area contributed by atoms with Gasteiger partial charge in [-0.3, -0.25) is 14.4 Å². The zero-order valence-electron chi connectivity index (χ0n) is 29.8. The van der Waals surface area contributed by atoms with E-state index in [1.807, 2.05) is 0 Å². The molecule has 10 nitrogen and oxygen atoms in total. The molecule has 2 atom stereocenters. The molecule has 45 heavy (non-hydrogen) atoms. The number of rotatable bonds is 22. The first-order valence-corrected chi connectivity index (χ1v) is 17.4. The lowest BCUT2D eigenvalue weighted by atomic mass is 10.0. The van der Waals surface area contributed by atoms with E-state index < -0.39 is 5.97 Å². The molecule has 6 N–H and O–H groups in total. The van der Waals surface area contributed by atoms with Crippen molar-refractivity contribution in [3.8, 4) is 0 Å². The predicted molar refractivity (Wildman–Crippen MR) is 189 cm³/mol. The third kappa shape index (κ3) is 49.3. The zero-order chi connectivity index (χ0) is 34.0. The van der Waals surface area contributed by atoms with E-state index >= 15 is 0 Å². The fraction of sp³-hybridized carbons (Fsp3) is 0.914. The second-order valence-electron chi connectivity index (χ2n) is 12.4. The third-order valence-corrected chi connectivity index (χ3v) is 6.93. The first kappa shape index (κ1) is 50.1. The summed E-state index contributed by atoms with van der Waals surface area (Å²) in [6, 6.07) is 0. The molecule has 2 unspecified atom stereocenters. The van der Waals surface area contributed by atoms with Gasteiger partial charge in [-0.25, -0.2) is 0 Å². The zero-order valence-corrected chi connectivity index (χ0v) is 29.8. The van der Waals surface area contributed by atoms with Crippen molar-refractivity contribution in [1.29, 1.82) is 0 Å². The largest absolute Gasteiger partial charge is 0.481 e. The molecule has 1 fully saturated rings. The average molecular weight is 650 g/mol. The van der Waals surface area contributed by atoms with Crippen molar-refractivity contribution in [1.82, 2.24) is 10.2 Å². The molecule has 1 aliphatic heterocycles. The van der Waals surface area contributed by atoms with Crippen LogP contribution in [0.15, 0.2) is 0 Å². The molecule has 1 aliphatic rings. The molecule has 1 heterocycles. The molecule has 0 saturated carbocycles. The lowest BCUT2D eigenvalue weighted by molar-refractivity contribution is -0.858. The summed E-state index contributed by atoms with van der Waals surface area (Å²) in [6.07, 6.45) is 19.1. The topological polar surface area (TPSA) is 147 Å². The van der Waals surface area contributed by atoms with Crippen molar-refractivity contribution in [3.05, 3.63) is 0 Å². The summed E-state index contributed by atoms with van der Waals surface area (Å²) < 4.78 is 5.13. The van der Waals surface area contributed by atoms with Gasteiger partial charge < -0.3 is 35.8 Å². The van der Waals surface area contributed by atoms with Crippen LogP contribution in [0, 0.1) is 0 Å². The van der Waals surface area contributed by atoms with Gasteiger partial charge in [-0.2, -0.15) is 0 Å². The number of nitrogens with two attached hydrogens (primary N) is 1. The normalized spacial score (nSPS) is 14.1. The van der Waals surface area contributed by atoms with E-state index in [0.717, 1.165) is 71.6 Å². The van der Waals surface area contributed by atoms with Gasteiger partial charge in [-0.05, 0) is 65.7 Å². The summed E-state index contributed by atoms with van der Waals surface area (Å²) in [4.78, 5) is 34.9. The molecule has 10 heteroatoms. The highest BCUT2D eigenvalue weighted by molar-refractivity contribution is 5.75. The van der Waals surface area contributed by atoms with Crippen LogP contribution in [0.25, 0.3) is 0 Å². The van der Waals surface area contributed by atoms with Gasteiger partial charge in [0.2, 0.25) is 5.91 Å². The van der Waals surface area contributed by atoms with Crippen molar-refractivity contribution in [2.24, 2.45) is 5.73 Å². The number of amides is 1. The number of carbonyl (C=O) groups excluding carboxylic acids is 2. The van der Waals surface area contributed by atoms with Crippen LogP contribution >= 0.6 is 0 Å². The lowest BCUT2D eigenvalue weighted by Crippen LogP contribution is -3.05. The van der Waals surface area contributed by atoms with Crippen molar-refractivity contribution in [2.45, 2.75) is 156 Å². The minimum atomic E-state index is -0.833. The van der Waals surface area contributed by atoms with Crippen molar-refractivity contribution >= 4 is 17.8 Å². The van der Waals surface area contributed by atoms with Crippen LogP contribution < -0.4 is 16.0 Å². The standard InChI is InChI=1S/C16H34N2O2.C11H20O2.C5H14N2.C2H4O2.CH4/c1-4-5-6-7-8-10-15(19)11-12-16(20)17-13-9-14-18(2)3;1-2-3-4-5-6-7-10-8-9-11(12)13-10;1-7(2)5-3-4-6;1-2(3)4;/h15,19H,4-14H2,1-3H3,(H,17,20);10H,2-9H2,1H3;3-6H2,1-2H3;1H3,(H,3,4);1H4/p+1. The Morgan fingerprint density at radius 2 is 1.53 bits per heavy atom. The van der Waals surface area contributed by atoms with Gasteiger partial charge in [0, 0.05) is 32.7 Å². The smallest absolute Gasteiger partial charge is 0.306 e. The highest BCUT2D eigenvalue weighted by Gasteiger charge is 2.22. The van der Waals surface area contributed by atoms with Crippen molar-refractivity contribution < 1.29 is 34.2 Å².